The second-order valence-corrected chi connectivity index (χ2v) is 15.8. The second-order valence-electron chi connectivity index (χ2n) is 14.1. The van der Waals surface area contributed by atoms with Gasteiger partial charge in [-0.2, -0.15) is 0 Å². The Morgan fingerprint density at radius 1 is 0.865 bits per heavy atom. The first-order valence-electron chi connectivity index (χ1n) is 18.3. The molecule has 4 aliphatic heterocycles. The molecule has 0 radical (unpaired) electrons. The third-order valence-electron chi connectivity index (χ3n) is 10.8. The van der Waals surface area contributed by atoms with Crippen LogP contribution >= 0.6 is 31.9 Å². The number of hydrogen-bond acceptors (Lipinski definition) is 8. The highest BCUT2D eigenvalue weighted by atomic mass is 79.9. The van der Waals surface area contributed by atoms with Crippen LogP contribution in [0, 0.1) is 5.92 Å². The summed E-state index contributed by atoms with van der Waals surface area (Å²) < 4.78 is 11.0. The molecule has 3 saturated heterocycles. The number of benzene rings is 2. The lowest BCUT2D eigenvalue weighted by Crippen LogP contribution is -2.54. The smallest absolute Gasteiger partial charge is 0.409 e. The first-order chi connectivity index (χ1) is 25.0. The highest BCUT2D eigenvalue weighted by Crippen LogP contribution is 2.34. The maximum Gasteiger partial charge on any atom is 0.409 e. The number of amides is 4. The minimum atomic E-state index is -0.286. The molecule has 0 unspecified atom stereocenters. The van der Waals surface area contributed by atoms with Crippen molar-refractivity contribution >= 4 is 61.5 Å². The number of halogens is 2. The van der Waals surface area contributed by atoms with E-state index in [-0.39, 0.29) is 47.8 Å². The van der Waals surface area contributed by atoms with E-state index in [0.29, 0.717) is 41.0 Å². The van der Waals surface area contributed by atoms with E-state index in [0.717, 1.165) is 82.3 Å². The van der Waals surface area contributed by atoms with E-state index < -0.39 is 0 Å². The highest BCUT2D eigenvalue weighted by Gasteiger charge is 2.37. The molecule has 2 aromatic rings. The average molecular weight is 850 g/mol. The molecule has 0 aliphatic carbocycles. The number of nitrogens with one attached hydrogen (secondary N) is 1. The molecule has 284 valence electrons. The number of aromatic hydroxyl groups is 1. The van der Waals surface area contributed by atoms with Crippen molar-refractivity contribution in [2.24, 2.45) is 5.92 Å². The zero-order valence-corrected chi connectivity index (χ0v) is 33.5. The molecule has 2 aromatic carbocycles. The van der Waals surface area contributed by atoms with Gasteiger partial charge >= 0.3 is 18.1 Å². The van der Waals surface area contributed by atoms with Crippen molar-refractivity contribution in [1.82, 2.24) is 19.6 Å². The van der Waals surface area contributed by atoms with Crippen LogP contribution < -0.4 is 5.32 Å². The van der Waals surface area contributed by atoms with Crippen LogP contribution in [0.3, 0.4) is 0 Å². The normalized spacial score (nSPS) is 20.8. The number of ether oxygens (including phenoxy) is 2. The molecule has 0 bridgehead atoms. The number of hydrogen-bond donors (Lipinski definition) is 2. The van der Waals surface area contributed by atoms with Gasteiger partial charge in [-0.25, -0.2) is 9.59 Å². The van der Waals surface area contributed by atoms with E-state index in [2.05, 4.69) is 48.1 Å². The number of phenolic OH excluding ortho intramolecular Hbond substituents is 1. The van der Waals surface area contributed by atoms with Crippen molar-refractivity contribution in [3.8, 4) is 5.75 Å². The summed E-state index contributed by atoms with van der Waals surface area (Å²) in [4.78, 5) is 57.0. The molecule has 4 aliphatic rings. The van der Waals surface area contributed by atoms with Crippen LogP contribution in [-0.2, 0) is 31.9 Å². The van der Waals surface area contributed by atoms with E-state index in [1.54, 1.807) is 4.90 Å². The van der Waals surface area contributed by atoms with Crippen molar-refractivity contribution < 1.29 is 33.8 Å². The van der Waals surface area contributed by atoms with Gasteiger partial charge in [0, 0.05) is 56.4 Å². The number of carbonyl (C=O) groups is 4. The van der Waals surface area contributed by atoms with Crippen molar-refractivity contribution in [3.63, 3.8) is 0 Å². The Labute approximate surface area is 323 Å². The number of anilines is 1. The van der Waals surface area contributed by atoms with Gasteiger partial charge < -0.3 is 34.6 Å². The van der Waals surface area contributed by atoms with E-state index in [9.17, 15) is 24.3 Å². The summed E-state index contributed by atoms with van der Waals surface area (Å²) in [5.41, 5.74) is 3.07. The first kappa shape index (κ1) is 39.8. The molecule has 2 N–H and O–H groups in total. The van der Waals surface area contributed by atoms with Crippen LogP contribution in [0.5, 0.6) is 5.75 Å². The average Bonchev–Trinajstić information content (AvgIpc) is 3.34. The zero-order chi connectivity index (χ0) is 37.4. The van der Waals surface area contributed by atoms with Gasteiger partial charge in [0.2, 0.25) is 5.91 Å². The number of fused-ring (bicyclic) bond motifs is 1. The number of phenols is 1. The third kappa shape index (κ3) is 9.79. The summed E-state index contributed by atoms with van der Waals surface area (Å²) >= 11 is 6.70. The van der Waals surface area contributed by atoms with Crippen LogP contribution in [0.1, 0.15) is 63.0 Å². The number of methoxy groups -OCH3 is 2. The van der Waals surface area contributed by atoms with E-state index in [1.165, 1.54) is 19.8 Å². The fourth-order valence-electron chi connectivity index (χ4n) is 7.91. The molecule has 0 aromatic heterocycles. The third-order valence-corrected chi connectivity index (χ3v) is 12.0. The maximum atomic E-state index is 13.0. The topological polar surface area (TPSA) is 132 Å². The summed E-state index contributed by atoms with van der Waals surface area (Å²) in [6, 6.07) is 12.0. The van der Waals surface area contributed by atoms with Crippen molar-refractivity contribution in [1.29, 1.82) is 0 Å². The minimum Gasteiger partial charge on any atom is -0.506 e. The summed E-state index contributed by atoms with van der Waals surface area (Å²) in [7, 11) is 2.86. The first-order valence-corrected chi connectivity index (χ1v) is 19.9. The number of nitrogens with zero attached hydrogens (tertiary/aromatic N) is 4. The predicted octanol–water partition coefficient (Wildman–Crippen LogP) is 6.42. The Hall–Kier alpha value is -3.36. The summed E-state index contributed by atoms with van der Waals surface area (Å²) in [5.74, 6) is 0.0652. The molecule has 52 heavy (non-hydrogen) atoms. The summed E-state index contributed by atoms with van der Waals surface area (Å²) in [5, 5.41) is 12.9. The van der Waals surface area contributed by atoms with Gasteiger partial charge in [-0.1, -0.05) is 31.5 Å². The fraction of sp³-hybridized carbons (Fsp3) is 0.579. The van der Waals surface area contributed by atoms with Crippen LogP contribution in [-0.4, -0.2) is 120 Å². The predicted molar refractivity (Wildman–Crippen MR) is 205 cm³/mol. The molecule has 0 saturated carbocycles. The van der Waals surface area contributed by atoms with Gasteiger partial charge in [-0.3, -0.25) is 14.5 Å². The quantitative estimate of drug-likeness (QED) is 0.319. The van der Waals surface area contributed by atoms with E-state index >= 15 is 0 Å². The number of likely N-dealkylation sites (tertiary alicyclic amines) is 3. The molecule has 6 rings (SSSR count). The Balaban J connectivity index is 0.000000210. The Morgan fingerprint density at radius 3 is 2.15 bits per heavy atom. The Morgan fingerprint density at radius 2 is 1.50 bits per heavy atom. The summed E-state index contributed by atoms with van der Waals surface area (Å²) in [6.07, 6.45) is 7.59. The second kappa shape index (κ2) is 18.6. The van der Waals surface area contributed by atoms with Gasteiger partial charge in [-0.15, -0.1) is 0 Å². The van der Waals surface area contributed by atoms with Crippen molar-refractivity contribution in [2.45, 2.75) is 82.8 Å². The standard InChI is InChI=1S/C22H30Br2N2O4.C16H21N3O3/c1-14(11-15-12-17(23)20(27)18(24)13-15)21(28)25-9-6-16(7-10-25)26-8-4-3-5-19(26)22(29)30-2;1-22-16(21)18-9-7-13(8-10-18)19-11-6-12-4-2-3-5-14(12)17-15(19)20/h12-14,16,19,27H,3-11H2,1-2H3;2-5,13H,6-11H2,1H3,(H,17,20)/t14-,19-;/m1./s1. The van der Waals surface area contributed by atoms with Crippen molar-refractivity contribution in [2.75, 3.05) is 58.8 Å². The van der Waals surface area contributed by atoms with E-state index in [1.807, 2.05) is 47.1 Å². The molecular weight excluding hydrogens is 798 g/mol. The molecule has 4 amide bonds. The lowest BCUT2D eigenvalue weighted by molar-refractivity contribution is -0.151. The van der Waals surface area contributed by atoms with Crippen LogP contribution in [0.15, 0.2) is 45.3 Å². The maximum absolute atomic E-state index is 13.0. The molecule has 3 fully saturated rings. The zero-order valence-electron chi connectivity index (χ0n) is 30.3. The van der Waals surface area contributed by atoms with Gasteiger partial charge in [0.05, 0.1) is 23.2 Å². The van der Waals surface area contributed by atoms with E-state index in [4.69, 9.17) is 9.47 Å². The number of para-hydroxylation sites is 1. The highest BCUT2D eigenvalue weighted by molar-refractivity contribution is 9.11. The number of esters is 1. The number of piperidine rings is 3. The number of urea groups is 1. The Bertz CT molecular complexity index is 1560. The van der Waals surface area contributed by atoms with Crippen LogP contribution in [0.4, 0.5) is 15.3 Å². The van der Waals surface area contributed by atoms with Crippen LogP contribution in [0.25, 0.3) is 0 Å². The SMILES string of the molecule is COC(=O)N1CCC(N2CCc3ccccc3NC2=O)CC1.COC(=O)[C@H]1CCCCN1C1CCN(C(=O)[C@H](C)Cc2cc(Br)c(O)c(Br)c2)CC1. The van der Waals surface area contributed by atoms with Gasteiger partial charge in [0.15, 0.2) is 0 Å². The van der Waals surface area contributed by atoms with Crippen LogP contribution in [0.2, 0.25) is 0 Å². The Kier molecular flexibility index (Phi) is 14.3. The molecule has 14 heteroatoms. The largest absolute Gasteiger partial charge is 0.506 e. The lowest BCUT2D eigenvalue weighted by Gasteiger charge is -2.43. The number of carbonyl (C=O) groups excluding carboxylic acids is 4. The van der Waals surface area contributed by atoms with Crippen molar-refractivity contribution in [3.05, 3.63) is 56.5 Å². The molecule has 0 spiro atoms. The van der Waals surface area contributed by atoms with Gasteiger partial charge in [0.1, 0.15) is 11.8 Å². The van der Waals surface area contributed by atoms with Gasteiger partial charge in [-0.05, 0) is 119 Å². The monoisotopic (exact) mass is 847 g/mol. The molecular formula is C38H51Br2N5O7. The lowest BCUT2D eigenvalue weighted by atomic mass is 9.93. The molecule has 4 heterocycles. The minimum absolute atomic E-state index is 0.0403. The van der Waals surface area contributed by atoms with Gasteiger partial charge in [0.25, 0.3) is 0 Å². The summed E-state index contributed by atoms with van der Waals surface area (Å²) in [6.45, 7) is 6.32. The molecule has 2 atom stereocenters. The number of rotatable bonds is 6. The molecule has 12 nitrogen and oxygen atoms in total. The fourth-order valence-corrected chi connectivity index (χ4v) is 9.19.